The first-order valence-electron chi connectivity index (χ1n) is 8.19. The average molecular weight is 341 g/mol. The van der Waals surface area contributed by atoms with Crippen molar-refractivity contribution in [1.82, 2.24) is 0 Å². The maximum atomic E-state index is 10.9. The summed E-state index contributed by atoms with van der Waals surface area (Å²) in [6.45, 7) is 1.76. The molecule has 0 aliphatic rings. The Kier molecular flexibility index (Phi) is 8.38. The molecule has 0 aromatic heterocycles. The van der Waals surface area contributed by atoms with Gasteiger partial charge in [0.25, 0.3) is 0 Å². The number of ether oxygens (including phenoxy) is 3. The van der Waals surface area contributed by atoms with Gasteiger partial charge in [0.2, 0.25) is 0 Å². The Hall–Kier alpha value is -2.50. The number of esters is 1. The Bertz CT molecular complexity index is 614. The Morgan fingerprint density at radius 1 is 0.840 bits per heavy atom. The van der Waals surface area contributed by atoms with Gasteiger partial charge in [-0.15, -0.1) is 0 Å². The molecule has 0 N–H and O–H groups in total. The molecule has 0 unspecified atom stereocenters. The predicted molar refractivity (Wildman–Crippen MR) is 97.0 cm³/mol. The van der Waals surface area contributed by atoms with E-state index in [4.69, 9.17) is 14.5 Å². The van der Waals surface area contributed by atoms with Crippen LogP contribution in [0.2, 0.25) is 0 Å². The van der Waals surface area contributed by atoms with Gasteiger partial charge in [-0.25, -0.2) is 4.79 Å². The molecule has 132 valence electrons. The van der Waals surface area contributed by atoms with Crippen LogP contribution in [0.5, 0.6) is 0 Å². The van der Waals surface area contributed by atoms with Crippen molar-refractivity contribution in [1.29, 1.82) is 0 Å². The number of carbonyl (C=O) groups excluding carboxylic acids is 1. The van der Waals surface area contributed by atoms with E-state index in [0.29, 0.717) is 26.4 Å². The maximum absolute atomic E-state index is 10.9. The smallest absolute Gasteiger partial charge is 0.331 e. The fraction of sp³-hybridized carbons (Fsp3) is 0.300. The number of aliphatic imine (C=N–C) groups is 1. The molecule has 25 heavy (non-hydrogen) atoms. The topological polar surface area (TPSA) is 57.1 Å². The Labute approximate surface area is 148 Å². The van der Waals surface area contributed by atoms with Crippen LogP contribution < -0.4 is 0 Å². The zero-order valence-corrected chi connectivity index (χ0v) is 14.4. The lowest BCUT2D eigenvalue weighted by molar-refractivity contribution is -0.146. The molecule has 5 heteroatoms. The maximum Gasteiger partial charge on any atom is 0.331 e. The highest BCUT2D eigenvalue weighted by Crippen LogP contribution is 2.10. The first-order chi connectivity index (χ1) is 12.3. The minimum Gasteiger partial charge on any atom is -0.467 e. The third kappa shape index (κ3) is 6.87. The van der Waals surface area contributed by atoms with Crippen LogP contribution >= 0.6 is 0 Å². The molecular formula is C20H23NO4. The molecule has 0 aliphatic carbocycles. The highest BCUT2D eigenvalue weighted by atomic mass is 16.6. The lowest BCUT2D eigenvalue weighted by atomic mass is 10.0. The Balaban J connectivity index is 1.82. The van der Waals surface area contributed by atoms with Crippen LogP contribution in [0.15, 0.2) is 65.7 Å². The second kappa shape index (κ2) is 11.1. The van der Waals surface area contributed by atoms with Crippen LogP contribution in [0.1, 0.15) is 11.1 Å². The molecule has 0 radical (unpaired) electrons. The average Bonchev–Trinajstić information content (AvgIpc) is 2.68. The van der Waals surface area contributed by atoms with Gasteiger partial charge in [0.1, 0.15) is 6.61 Å². The number of hydrogen-bond acceptors (Lipinski definition) is 5. The van der Waals surface area contributed by atoms with Gasteiger partial charge in [0, 0.05) is 11.1 Å². The van der Waals surface area contributed by atoms with Gasteiger partial charge in [-0.2, -0.15) is 0 Å². The van der Waals surface area contributed by atoms with Crippen LogP contribution in [0, 0.1) is 0 Å². The van der Waals surface area contributed by atoms with Crippen LogP contribution in [0.4, 0.5) is 0 Å². The Morgan fingerprint density at radius 3 is 1.96 bits per heavy atom. The van der Waals surface area contributed by atoms with E-state index in [9.17, 15) is 4.79 Å². The van der Waals surface area contributed by atoms with Crippen molar-refractivity contribution in [2.45, 2.75) is 0 Å². The van der Waals surface area contributed by atoms with E-state index in [1.165, 1.54) is 7.11 Å². The molecule has 2 aromatic rings. The summed E-state index contributed by atoms with van der Waals surface area (Å²) in [5, 5.41) is 0. The summed E-state index contributed by atoms with van der Waals surface area (Å²) in [7, 11) is 1.33. The van der Waals surface area contributed by atoms with Crippen molar-refractivity contribution in [2.75, 3.05) is 40.1 Å². The molecule has 0 aliphatic heterocycles. The van der Waals surface area contributed by atoms with Crippen molar-refractivity contribution in [2.24, 2.45) is 4.99 Å². The molecule has 0 spiro atoms. The molecule has 5 nitrogen and oxygen atoms in total. The number of methoxy groups -OCH3 is 1. The lowest BCUT2D eigenvalue weighted by Gasteiger charge is -2.08. The molecule has 0 saturated heterocycles. The minimum atomic E-state index is -0.389. The largest absolute Gasteiger partial charge is 0.467 e. The minimum absolute atomic E-state index is 0.0514. The summed E-state index contributed by atoms with van der Waals surface area (Å²) < 4.78 is 15.1. The molecule has 0 saturated carbocycles. The predicted octanol–water partition coefficient (Wildman–Crippen LogP) is 2.73. The van der Waals surface area contributed by atoms with Crippen molar-refractivity contribution in [3.8, 4) is 0 Å². The summed E-state index contributed by atoms with van der Waals surface area (Å²) >= 11 is 0. The zero-order valence-electron chi connectivity index (χ0n) is 14.4. The van der Waals surface area contributed by atoms with Crippen molar-refractivity contribution >= 4 is 11.7 Å². The molecule has 2 aromatic carbocycles. The quantitative estimate of drug-likeness (QED) is 0.379. The fourth-order valence-corrected chi connectivity index (χ4v) is 2.20. The van der Waals surface area contributed by atoms with Gasteiger partial charge in [-0.3, -0.25) is 4.99 Å². The van der Waals surface area contributed by atoms with E-state index in [1.807, 2.05) is 60.7 Å². The van der Waals surface area contributed by atoms with E-state index in [1.54, 1.807) is 0 Å². The molecular weight excluding hydrogens is 318 g/mol. The van der Waals surface area contributed by atoms with E-state index in [2.05, 4.69) is 4.74 Å². The highest BCUT2D eigenvalue weighted by Gasteiger charge is 2.05. The highest BCUT2D eigenvalue weighted by molar-refractivity contribution is 6.12. The van der Waals surface area contributed by atoms with E-state index in [0.717, 1.165) is 16.8 Å². The molecule has 0 atom stereocenters. The molecule has 2 rings (SSSR count). The summed E-state index contributed by atoms with van der Waals surface area (Å²) in [5.74, 6) is -0.389. The zero-order chi connectivity index (χ0) is 17.7. The summed E-state index contributed by atoms with van der Waals surface area (Å²) in [5.41, 5.74) is 3.11. The van der Waals surface area contributed by atoms with Gasteiger partial charge in [0.05, 0.1) is 39.2 Å². The van der Waals surface area contributed by atoms with Crippen LogP contribution in [-0.2, 0) is 19.0 Å². The summed E-state index contributed by atoms with van der Waals surface area (Å²) in [6.07, 6.45) is 0. The van der Waals surface area contributed by atoms with Crippen LogP contribution in [-0.4, -0.2) is 51.8 Å². The molecule has 0 bridgehead atoms. The van der Waals surface area contributed by atoms with Crippen molar-refractivity contribution in [3.05, 3.63) is 71.8 Å². The molecule has 0 fully saturated rings. The second-order valence-corrected chi connectivity index (χ2v) is 5.20. The van der Waals surface area contributed by atoms with Crippen molar-refractivity contribution in [3.63, 3.8) is 0 Å². The standard InChI is InChI=1S/C20H23NO4/c1-23-19(22)16-25-15-14-24-13-12-21-20(17-8-4-2-5-9-17)18-10-6-3-7-11-18/h2-11H,12-16H2,1H3. The lowest BCUT2D eigenvalue weighted by Crippen LogP contribution is -2.14. The number of rotatable bonds is 10. The van der Waals surface area contributed by atoms with Crippen LogP contribution in [0.25, 0.3) is 0 Å². The van der Waals surface area contributed by atoms with Gasteiger partial charge >= 0.3 is 5.97 Å². The Morgan fingerprint density at radius 2 is 1.40 bits per heavy atom. The van der Waals surface area contributed by atoms with Gasteiger partial charge < -0.3 is 14.2 Å². The number of nitrogens with zero attached hydrogens (tertiary/aromatic N) is 1. The fourth-order valence-electron chi connectivity index (χ4n) is 2.20. The second-order valence-electron chi connectivity index (χ2n) is 5.20. The van der Waals surface area contributed by atoms with Gasteiger partial charge in [0.15, 0.2) is 0 Å². The van der Waals surface area contributed by atoms with Gasteiger partial charge in [-0.05, 0) is 0 Å². The third-order valence-electron chi connectivity index (χ3n) is 3.42. The summed E-state index contributed by atoms with van der Waals surface area (Å²) in [6, 6.07) is 20.2. The first-order valence-corrected chi connectivity index (χ1v) is 8.19. The first kappa shape index (κ1) is 18.8. The van der Waals surface area contributed by atoms with E-state index >= 15 is 0 Å². The number of hydrogen-bond donors (Lipinski definition) is 0. The molecule has 0 amide bonds. The normalized spacial score (nSPS) is 10.3. The van der Waals surface area contributed by atoms with Crippen LogP contribution in [0.3, 0.4) is 0 Å². The summed E-state index contributed by atoms with van der Waals surface area (Å²) in [4.78, 5) is 15.6. The monoisotopic (exact) mass is 341 g/mol. The van der Waals surface area contributed by atoms with Gasteiger partial charge in [-0.1, -0.05) is 60.7 Å². The third-order valence-corrected chi connectivity index (χ3v) is 3.42. The SMILES string of the molecule is COC(=O)COCCOCCN=C(c1ccccc1)c1ccccc1. The number of benzene rings is 2. The number of carbonyl (C=O) groups is 1. The van der Waals surface area contributed by atoms with E-state index in [-0.39, 0.29) is 12.6 Å². The van der Waals surface area contributed by atoms with Crippen molar-refractivity contribution < 1.29 is 19.0 Å². The molecule has 0 heterocycles. The van der Waals surface area contributed by atoms with E-state index < -0.39 is 0 Å².